The van der Waals surface area contributed by atoms with Crippen molar-refractivity contribution in [3.63, 3.8) is 0 Å². The summed E-state index contributed by atoms with van der Waals surface area (Å²) < 4.78 is 4.83. The summed E-state index contributed by atoms with van der Waals surface area (Å²) >= 11 is 5.35. The van der Waals surface area contributed by atoms with Gasteiger partial charge in [0, 0.05) is 0 Å². The van der Waals surface area contributed by atoms with E-state index in [9.17, 15) is 14.4 Å². The molecule has 7 nitrogen and oxygen atoms in total. The number of hydrogen-bond donors (Lipinski definition) is 3. The standard InChI is InChI=1S/C11H19ClO5.C5H10O2/c1-7(10(14)15)3-4-8(2)11(16)17-6-9(13)5-12;1-3-4(2)5(6)7/h7-9,13H,3-6H2,1-2H3,(H,14,15);4H,3H2,1-2H3,(H,6,7). The Morgan fingerprint density at radius 2 is 1.42 bits per heavy atom. The van der Waals surface area contributed by atoms with Gasteiger partial charge in [-0.2, -0.15) is 0 Å². The Bertz CT molecular complexity index is 387. The summed E-state index contributed by atoms with van der Waals surface area (Å²) in [6.07, 6.45) is 0.730. The van der Waals surface area contributed by atoms with Crippen LogP contribution in [0.4, 0.5) is 0 Å². The molecule has 0 aromatic carbocycles. The number of carbonyl (C=O) groups excluding carboxylic acids is 1. The predicted octanol–water partition coefficient (Wildman–Crippen LogP) is 2.38. The minimum atomic E-state index is -0.872. The van der Waals surface area contributed by atoms with Crippen LogP contribution >= 0.6 is 11.6 Å². The summed E-state index contributed by atoms with van der Waals surface area (Å²) in [4.78, 5) is 31.9. The minimum absolute atomic E-state index is 0.0116. The highest BCUT2D eigenvalue weighted by atomic mass is 35.5. The van der Waals surface area contributed by atoms with E-state index in [1.807, 2.05) is 6.92 Å². The van der Waals surface area contributed by atoms with Crippen molar-refractivity contribution >= 4 is 29.5 Å². The first-order valence-electron chi connectivity index (χ1n) is 7.92. The van der Waals surface area contributed by atoms with Gasteiger partial charge in [-0.1, -0.05) is 27.7 Å². The Kier molecular flexibility index (Phi) is 14.6. The van der Waals surface area contributed by atoms with Crippen LogP contribution in [0.25, 0.3) is 0 Å². The van der Waals surface area contributed by atoms with Gasteiger partial charge in [0.15, 0.2) is 0 Å². The molecule has 24 heavy (non-hydrogen) atoms. The molecule has 0 fully saturated rings. The molecule has 0 heterocycles. The molecule has 3 N–H and O–H groups in total. The minimum Gasteiger partial charge on any atom is -0.481 e. The van der Waals surface area contributed by atoms with Crippen LogP contribution in [0.5, 0.6) is 0 Å². The number of carboxylic acid groups (broad SMARTS) is 2. The highest BCUT2D eigenvalue weighted by Gasteiger charge is 2.19. The van der Waals surface area contributed by atoms with Crippen LogP contribution in [0.2, 0.25) is 0 Å². The number of carbonyl (C=O) groups is 3. The lowest BCUT2D eigenvalue weighted by molar-refractivity contribution is -0.151. The van der Waals surface area contributed by atoms with Crippen LogP contribution in [-0.2, 0) is 19.1 Å². The molecule has 0 aliphatic rings. The SMILES string of the molecule is CC(CCC(C)C(=O)OCC(O)CCl)C(=O)O.CCC(C)C(=O)O. The summed E-state index contributed by atoms with van der Waals surface area (Å²) in [5, 5.41) is 26.0. The summed E-state index contributed by atoms with van der Waals surface area (Å²) in [6.45, 7) is 6.70. The van der Waals surface area contributed by atoms with Crippen molar-refractivity contribution in [3.8, 4) is 0 Å². The van der Waals surface area contributed by atoms with E-state index in [0.29, 0.717) is 12.8 Å². The first kappa shape index (κ1) is 24.9. The van der Waals surface area contributed by atoms with E-state index in [2.05, 4.69) is 0 Å². The van der Waals surface area contributed by atoms with E-state index in [0.717, 1.165) is 6.42 Å². The molecule has 4 unspecified atom stereocenters. The van der Waals surface area contributed by atoms with Crippen molar-refractivity contribution in [1.29, 1.82) is 0 Å². The second-order valence-corrected chi connectivity index (χ2v) is 6.11. The monoisotopic (exact) mass is 368 g/mol. The van der Waals surface area contributed by atoms with Gasteiger partial charge in [-0.25, -0.2) is 0 Å². The van der Waals surface area contributed by atoms with Gasteiger partial charge in [-0.05, 0) is 19.3 Å². The zero-order chi connectivity index (χ0) is 19.3. The number of alkyl halides is 1. The lowest BCUT2D eigenvalue weighted by Gasteiger charge is -2.14. The van der Waals surface area contributed by atoms with E-state index in [4.69, 9.17) is 31.7 Å². The largest absolute Gasteiger partial charge is 0.481 e. The summed E-state index contributed by atoms with van der Waals surface area (Å²) in [5.74, 6) is -3.03. The number of esters is 1. The number of hydrogen-bond acceptors (Lipinski definition) is 5. The van der Waals surface area contributed by atoms with Crippen molar-refractivity contribution in [2.24, 2.45) is 17.8 Å². The van der Waals surface area contributed by atoms with E-state index >= 15 is 0 Å². The Labute approximate surface area is 148 Å². The van der Waals surface area contributed by atoms with Crippen molar-refractivity contribution in [2.75, 3.05) is 12.5 Å². The molecule has 0 radical (unpaired) electrons. The summed E-state index contributed by atoms with van der Waals surface area (Å²) in [6, 6.07) is 0. The van der Waals surface area contributed by atoms with E-state index in [1.54, 1.807) is 20.8 Å². The van der Waals surface area contributed by atoms with Crippen molar-refractivity contribution < 1.29 is 34.4 Å². The molecule has 0 aliphatic heterocycles. The molecule has 0 spiro atoms. The van der Waals surface area contributed by atoms with Crippen LogP contribution in [-0.4, -0.2) is 51.8 Å². The molecule has 0 aromatic rings. The zero-order valence-electron chi connectivity index (χ0n) is 14.7. The van der Waals surface area contributed by atoms with E-state index < -0.39 is 29.9 Å². The lowest BCUT2D eigenvalue weighted by atomic mass is 9.98. The number of halogens is 1. The van der Waals surface area contributed by atoms with Crippen LogP contribution in [0, 0.1) is 17.8 Å². The number of ether oxygens (including phenoxy) is 1. The van der Waals surface area contributed by atoms with Crippen molar-refractivity contribution in [2.45, 2.75) is 53.1 Å². The molecule has 8 heteroatoms. The Balaban J connectivity index is 0. The normalized spacial score (nSPS) is 15.2. The van der Waals surface area contributed by atoms with Crippen molar-refractivity contribution in [3.05, 3.63) is 0 Å². The van der Waals surface area contributed by atoms with Crippen molar-refractivity contribution in [1.82, 2.24) is 0 Å². The smallest absolute Gasteiger partial charge is 0.308 e. The molecular formula is C16H29ClO7. The third-order valence-corrected chi connectivity index (χ3v) is 3.84. The van der Waals surface area contributed by atoms with Gasteiger partial charge in [0.2, 0.25) is 0 Å². The quantitative estimate of drug-likeness (QED) is 0.399. The third kappa shape index (κ3) is 13.1. The van der Waals surface area contributed by atoms with E-state index in [-0.39, 0.29) is 24.3 Å². The fourth-order valence-corrected chi connectivity index (χ4v) is 1.37. The maximum atomic E-state index is 11.4. The molecule has 142 valence electrons. The fraction of sp³-hybridized carbons (Fsp3) is 0.812. The molecule has 4 atom stereocenters. The van der Waals surface area contributed by atoms with E-state index in [1.165, 1.54) is 0 Å². The number of carboxylic acids is 2. The molecule has 0 saturated heterocycles. The van der Waals surface area contributed by atoms with Crippen LogP contribution in [0.15, 0.2) is 0 Å². The second-order valence-electron chi connectivity index (χ2n) is 5.80. The van der Waals surface area contributed by atoms with Crippen LogP contribution in [0.1, 0.15) is 47.0 Å². The maximum Gasteiger partial charge on any atom is 0.308 e. The highest BCUT2D eigenvalue weighted by Crippen LogP contribution is 2.14. The van der Waals surface area contributed by atoms with Crippen LogP contribution < -0.4 is 0 Å². The average Bonchev–Trinajstić information content (AvgIpc) is 2.55. The Morgan fingerprint density at radius 3 is 1.75 bits per heavy atom. The summed E-state index contributed by atoms with van der Waals surface area (Å²) in [5.41, 5.74) is 0. The lowest BCUT2D eigenvalue weighted by Crippen LogP contribution is -2.24. The average molecular weight is 369 g/mol. The first-order chi connectivity index (χ1) is 11.1. The maximum absolute atomic E-state index is 11.4. The molecule has 0 saturated carbocycles. The highest BCUT2D eigenvalue weighted by molar-refractivity contribution is 6.18. The predicted molar refractivity (Wildman–Crippen MR) is 90.0 cm³/mol. The third-order valence-electron chi connectivity index (χ3n) is 3.49. The van der Waals surface area contributed by atoms with Gasteiger partial charge in [-0.3, -0.25) is 14.4 Å². The molecule has 0 rings (SSSR count). The zero-order valence-corrected chi connectivity index (χ0v) is 15.5. The molecular weight excluding hydrogens is 340 g/mol. The number of aliphatic hydroxyl groups is 1. The fourth-order valence-electron chi connectivity index (χ4n) is 1.28. The molecule has 0 amide bonds. The van der Waals surface area contributed by atoms with Gasteiger partial charge in [-0.15, -0.1) is 11.6 Å². The van der Waals surface area contributed by atoms with Gasteiger partial charge < -0.3 is 20.1 Å². The Hall–Kier alpha value is -1.34. The van der Waals surface area contributed by atoms with Gasteiger partial charge in [0.25, 0.3) is 0 Å². The Morgan fingerprint density at radius 1 is 0.958 bits per heavy atom. The topological polar surface area (TPSA) is 121 Å². The number of aliphatic hydroxyl groups excluding tert-OH is 1. The second kappa shape index (κ2) is 14.0. The molecule has 0 aromatic heterocycles. The van der Waals surface area contributed by atoms with Gasteiger partial charge >= 0.3 is 17.9 Å². The number of rotatable bonds is 10. The van der Waals surface area contributed by atoms with Crippen LogP contribution in [0.3, 0.4) is 0 Å². The number of aliphatic carboxylic acids is 2. The summed E-state index contributed by atoms with van der Waals surface area (Å²) in [7, 11) is 0. The van der Waals surface area contributed by atoms with Gasteiger partial charge in [0.05, 0.1) is 23.6 Å². The molecule has 0 aliphatic carbocycles. The molecule has 0 bridgehead atoms. The van der Waals surface area contributed by atoms with Gasteiger partial charge in [0.1, 0.15) is 12.7 Å². The first-order valence-corrected chi connectivity index (χ1v) is 8.46.